The molecule has 3 amide bonds. The summed E-state index contributed by atoms with van der Waals surface area (Å²) >= 11 is 0. The molecule has 2 unspecified atom stereocenters. The molecular formula is C29H41FN4O6. The molecule has 0 aliphatic heterocycles. The monoisotopic (exact) mass is 560 g/mol. The highest BCUT2D eigenvalue weighted by molar-refractivity contribution is 5.91. The van der Waals surface area contributed by atoms with Gasteiger partial charge >= 0.3 is 6.09 Å². The van der Waals surface area contributed by atoms with Crippen LogP contribution in [-0.4, -0.2) is 83.5 Å². The van der Waals surface area contributed by atoms with E-state index in [9.17, 15) is 23.9 Å². The van der Waals surface area contributed by atoms with Crippen molar-refractivity contribution in [2.75, 3.05) is 26.3 Å². The van der Waals surface area contributed by atoms with Gasteiger partial charge in [-0.1, -0.05) is 42.5 Å². The minimum atomic E-state index is -1.32. The molecule has 220 valence electrons. The Morgan fingerprint density at radius 1 is 0.950 bits per heavy atom. The first-order valence-corrected chi connectivity index (χ1v) is 13.4. The summed E-state index contributed by atoms with van der Waals surface area (Å²) in [6.45, 7) is 7.82. The molecule has 2 aromatic rings. The predicted molar refractivity (Wildman–Crippen MR) is 149 cm³/mol. The van der Waals surface area contributed by atoms with Crippen LogP contribution in [0.4, 0.5) is 9.18 Å². The molecule has 2 rings (SSSR count). The fraction of sp³-hybridized carbons (Fsp3) is 0.483. The van der Waals surface area contributed by atoms with Gasteiger partial charge in [0.25, 0.3) is 0 Å². The molecule has 0 aromatic heterocycles. The number of amides is 3. The van der Waals surface area contributed by atoms with Crippen LogP contribution in [0.5, 0.6) is 0 Å². The molecule has 0 heterocycles. The number of nitrogens with two attached hydrogens (primary N) is 1. The van der Waals surface area contributed by atoms with Crippen molar-refractivity contribution >= 4 is 17.9 Å². The minimum Gasteiger partial charge on any atom is -0.465 e. The Morgan fingerprint density at radius 2 is 1.55 bits per heavy atom. The highest BCUT2D eigenvalue weighted by Crippen LogP contribution is 2.14. The number of nitrogens with zero attached hydrogens (tertiary/aromatic N) is 2. The lowest BCUT2D eigenvalue weighted by Gasteiger charge is -2.35. The quantitative estimate of drug-likeness (QED) is 0.269. The lowest BCUT2D eigenvalue weighted by molar-refractivity contribution is -0.163. The van der Waals surface area contributed by atoms with Gasteiger partial charge in [0.2, 0.25) is 11.8 Å². The zero-order chi connectivity index (χ0) is 29.7. The van der Waals surface area contributed by atoms with Crippen LogP contribution in [0, 0.1) is 5.82 Å². The van der Waals surface area contributed by atoms with Crippen LogP contribution in [-0.2, 0) is 32.0 Å². The van der Waals surface area contributed by atoms with Gasteiger partial charge in [-0.25, -0.2) is 9.18 Å². The average molecular weight is 561 g/mol. The summed E-state index contributed by atoms with van der Waals surface area (Å²) in [5.41, 5.74) is 7.18. The van der Waals surface area contributed by atoms with E-state index in [0.717, 1.165) is 4.90 Å². The second kappa shape index (κ2) is 16.5. The zero-order valence-electron chi connectivity index (χ0n) is 23.6. The molecule has 11 heteroatoms. The summed E-state index contributed by atoms with van der Waals surface area (Å²) in [6, 6.07) is 11.8. The van der Waals surface area contributed by atoms with Gasteiger partial charge in [-0.05, 0) is 51.0 Å². The van der Waals surface area contributed by atoms with E-state index < -0.39 is 42.1 Å². The molecule has 0 bridgehead atoms. The van der Waals surface area contributed by atoms with Gasteiger partial charge in [-0.2, -0.15) is 0 Å². The minimum absolute atomic E-state index is 0.0467. The van der Waals surface area contributed by atoms with E-state index in [1.165, 1.54) is 24.3 Å². The number of nitrogens with one attached hydrogen (secondary N) is 1. The van der Waals surface area contributed by atoms with Crippen molar-refractivity contribution in [2.45, 2.75) is 65.1 Å². The number of carboxylic acid groups (broad SMARTS) is 1. The van der Waals surface area contributed by atoms with Gasteiger partial charge in [0.05, 0.1) is 6.54 Å². The number of hydrogen-bond donors (Lipinski definition) is 3. The number of halogens is 1. The number of ether oxygens (including phenoxy) is 2. The van der Waals surface area contributed by atoms with Crippen LogP contribution in [0.2, 0.25) is 0 Å². The SMILES string of the molecule is CCOC(CN(C(=O)C(Cc1ccc(F)cc1)NC(=O)C(CN)N(Cc1ccccc1)C(=O)O)C(C)C)OCC. The standard InChI is InChI=1S/C29H41FN4O6/c1-5-39-26(40-6-2)19-33(20(3)4)28(36)24(16-21-12-14-23(30)15-13-21)32-27(35)25(17-31)34(29(37)38)18-22-10-8-7-9-11-22/h7-15,20,24-26H,5-6,16-19,31H2,1-4H3,(H,32,35)(H,37,38). The number of carbonyl (C=O) groups is 3. The predicted octanol–water partition coefficient (Wildman–Crippen LogP) is 3.00. The number of carbonyl (C=O) groups excluding carboxylic acids is 2. The fourth-order valence-corrected chi connectivity index (χ4v) is 4.23. The normalized spacial score (nSPS) is 12.7. The zero-order valence-corrected chi connectivity index (χ0v) is 23.6. The Balaban J connectivity index is 2.37. The number of hydrogen-bond acceptors (Lipinski definition) is 6. The molecule has 0 saturated carbocycles. The van der Waals surface area contributed by atoms with Crippen LogP contribution in [0.3, 0.4) is 0 Å². The number of benzene rings is 2. The van der Waals surface area contributed by atoms with Gasteiger partial charge in [-0.3, -0.25) is 14.5 Å². The molecule has 2 aromatic carbocycles. The van der Waals surface area contributed by atoms with Gasteiger partial charge in [-0.15, -0.1) is 0 Å². The third kappa shape index (κ3) is 9.89. The highest BCUT2D eigenvalue weighted by atomic mass is 19.1. The first-order chi connectivity index (χ1) is 19.1. The van der Waals surface area contributed by atoms with E-state index >= 15 is 0 Å². The summed E-state index contributed by atoms with van der Waals surface area (Å²) in [7, 11) is 0. The molecule has 40 heavy (non-hydrogen) atoms. The first kappa shape index (κ1) is 32.7. The molecule has 0 radical (unpaired) electrons. The van der Waals surface area contributed by atoms with Crippen LogP contribution in [0.25, 0.3) is 0 Å². The topological polar surface area (TPSA) is 134 Å². The average Bonchev–Trinajstić information content (AvgIpc) is 2.92. The lowest BCUT2D eigenvalue weighted by Crippen LogP contribution is -2.59. The van der Waals surface area contributed by atoms with E-state index in [1.54, 1.807) is 35.2 Å². The summed E-state index contributed by atoms with van der Waals surface area (Å²) < 4.78 is 24.8. The van der Waals surface area contributed by atoms with Crippen molar-refractivity contribution in [3.63, 3.8) is 0 Å². The van der Waals surface area contributed by atoms with Crippen LogP contribution in [0.1, 0.15) is 38.8 Å². The molecule has 2 atom stereocenters. The van der Waals surface area contributed by atoms with Gasteiger partial charge in [0, 0.05) is 38.8 Å². The van der Waals surface area contributed by atoms with E-state index in [-0.39, 0.29) is 32.1 Å². The van der Waals surface area contributed by atoms with Crippen LogP contribution < -0.4 is 11.1 Å². The Bertz CT molecular complexity index is 1060. The smallest absolute Gasteiger partial charge is 0.408 e. The van der Waals surface area contributed by atoms with E-state index in [0.29, 0.717) is 24.3 Å². The Kier molecular flexibility index (Phi) is 13.5. The van der Waals surface area contributed by atoms with E-state index in [1.807, 2.05) is 27.7 Å². The summed E-state index contributed by atoms with van der Waals surface area (Å²) in [6.07, 6.45) is -1.95. The third-order valence-electron chi connectivity index (χ3n) is 6.27. The van der Waals surface area contributed by atoms with Crippen molar-refractivity contribution in [3.05, 3.63) is 71.5 Å². The summed E-state index contributed by atoms with van der Waals surface area (Å²) in [4.78, 5) is 42.1. The van der Waals surface area contributed by atoms with Crippen molar-refractivity contribution in [2.24, 2.45) is 5.73 Å². The molecule has 0 aliphatic carbocycles. The van der Waals surface area contributed by atoms with Crippen molar-refractivity contribution in [3.8, 4) is 0 Å². The molecular weight excluding hydrogens is 519 g/mol. The van der Waals surface area contributed by atoms with Gasteiger partial charge in [0.15, 0.2) is 6.29 Å². The Morgan fingerprint density at radius 3 is 2.05 bits per heavy atom. The van der Waals surface area contributed by atoms with Gasteiger partial charge < -0.3 is 30.5 Å². The first-order valence-electron chi connectivity index (χ1n) is 13.4. The molecule has 0 aliphatic rings. The summed E-state index contributed by atoms with van der Waals surface area (Å²) in [5, 5.41) is 12.6. The lowest BCUT2D eigenvalue weighted by atomic mass is 10.0. The summed E-state index contributed by atoms with van der Waals surface area (Å²) in [5.74, 6) is -1.56. The molecule has 0 spiro atoms. The van der Waals surface area contributed by atoms with E-state index in [2.05, 4.69) is 5.32 Å². The molecule has 10 nitrogen and oxygen atoms in total. The highest BCUT2D eigenvalue weighted by Gasteiger charge is 2.34. The third-order valence-corrected chi connectivity index (χ3v) is 6.27. The molecule has 0 fully saturated rings. The van der Waals surface area contributed by atoms with Crippen LogP contribution in [0.15, 0.2) is 54.6 Å². The molecule has 4 N–H and O–H groups in total. The van der Waals surface area contributed by atoms with Crippen molar-refractivity contribution in [1.29, 1.82) is 0 Å². The largest absolute Gasteiger partial charge is 0.465 e. The maximum atomic E-state index is 13.9. The second-order valence-electron chi connectivity index (χ2n) is 9.46. The fourth-order valence-electron chi connectivity index (χ4n) is 4.23. The van der Waals surface area contributed by atoms with Gasteiger partial charge in [0.1, 0.15) is 17.9 Å². The van der Waals surface area contributed by atoms with Crippen LogP contribution >= 0.6 is 0 Å². The van der Waals surface area contributed by atoms with Crippen molar-refractivity contribution in [1.82, 2.24) is 15.1 Å². The molecule has 0 saturated heterocycles. The Labute approximate surface area is 235 Å². The Hall–Kier alpha value is -3.54. The maximum absolute atomic E-state index is 13.9. The maximum Gasteiger partial charge on any atom is 0.408 e. The van der Waals surface area contributed by atoms with Crippen molar-refractivity contribution < 1.29 is 33.4 Å². The number of rotatable bonds is 16. The second-order valence-corrected chi connectivity index (χ2v) is 9.46. The van der Waals surface area contributed by atoms with E-state index in [4.69, 9.17) is 15.2 Å².